The number of alkyl halides is 4. The molecule has 0 fully saturated rings. The molecular formula is C13H14BrF3N2O. The molecule has 20 heavy (non-hydrogen) atoms. The first kappa shape index (κ1) is 15.2. The maximum atomic E-state index is 12.2. The van der Waals surface area contributed by atoms with E-state index in [1.807, 2.05) is 6.07 Å². The molecule has 0 radical (unpaired) electrons. The van der Waals surface area contributed by atoms with Crippen LogP contribution < -0.4 is 5.32 Å². The van der Waals surface area contributed by atoms with Crippen molar-refractivity contribution >= 4 is 27.6 Å². The Kier molecular flexibility index (Phi) is 4.27. The average molecular weight is 351 g/mol. The Morgan fingerprint density at radius 2 is 2.15 bits per heavy atom. The number of carbonyl (C=O) groups is 1. The number of benzene rings is 1. The molecule has 1 aliphatic heterocycles. The predicted octanol–water partition coefficient (Wildman–Crippen LogP) is 4.44. The van der Waals surface area contributed by atoms with Crippen molar-refractivity contribution in [3.63, 3.8) is 0 Å². The van der Waals surface area contributed by atoms with E-state index in [2.05, 4.69) is 21.2 Å². The summed E-state index contributed by atoms with van der Waals surface area (Å²) in [5.74, 6) is 0. The zero-order valence-electron chi connectivity index (χ0n) is 10.8. The minimum Gasteiger partial charge on any atom is -0.323 e. The van der Waals surface area contributed by atoms with Gasteiger partial charge in [-0.3, -0.25) is 0 Å². The van der Waals surface area contributed by atoms with E-state index >= 15 is 0 Å². The second-order valence-corrected chi connectivity index (χ2v) is 5.93. The van der Waals surface area contributed by atoms with Gasteiger partial charge in [0.25, 0.3) is 0 Å². The first-order chi connectivity index (χ1) is 9.26. The third-order valence-corrected chi connectivity index (χ3v) is 4.15. The third-order valence-electron chi connectivity index (χ3n) is 3.17. The first-order valence-electron chi connectivity index (χ1n) is 6.12. The van der Waals surface area contributed by atoms with Gasteiger partial charge in [0.05, 0.1) is 0 Å². The SMILES string of the molecule is CN1Cc2cc(C(Br)CCC(F)(F)F)ccc2NC1=O. The van der Waals surface area contributed by atoms with E-state index in [0.717, 1.165) is 11.1 Å². The first-order valence-corrected chi connectivity index (χ1v) is 7.03. The van der Waals surface area contributed by atoms with E-state index in [4.69, 9.17) is 0 Å². The van der Waals surface area contributed by atoms with Crippen molar-refractivity contribution in [2.45, 2.75) is 30.4 Å². The number of nitrogens with zero attached hydrogens (tertiary/aromatic N) is 1. The number of hydrogen-bond acceptors (Lipinski definition) is 1. The summed E-state index contributed by atoms with van der Waals surface area (Å²) in [5, 5.41) is 2.72. The smallest absolute Gasteiger partial charge is 0.323 e. The van der Waals surface area contributed by atoms with Gasteiger partial charge >= 0.3 is 12.2 Å². The maximum absolute atomic E-state index is 12.2. The summed E-state index contributed by atoms with van der Waals surface area (Å²) in [4.78, 5) is 12.6. The molecule has 2 rings (SSSR count). The van der Waals surface area contributed by atoms with Crippen molar-refractivity contribution in [3.8, 4) is 0 Å². The van der Waals surface area contributed by atoms with Crippen LogP contribution in [-0.4, -0.2) is 24.2 Å². The summed E-state index contributed by atoms with van der Waals surface area (Å²) < 4.78 is 36.7. The fourth-order valence-corrected chi connectivity index (χ4v) is 2.57. The molecule has 3 nitrogen and oxygen atoms in total. The summed E-state index contributed by atoms with van der Waals surface area (Å²) in [6.07, 6.45) is -4.98. The van der Waals surface area contributed by atoms with E-state index in [0.29, 0.717) is 12.2 Å². The number of anilines is 1. The molecule has 0 bridgehead atoms. The minimum atomic E-state index is -4.14. The molecule has 1 aromatic carbocycles. The normalized spacial score (nSPS) is 16.6. The second kappa shape index (κ2) is 5.63. The Balaban J connectivity index is 2.11. The van der Waals surface area contributed by atoms with Crippen LogP contribution in [0.3, 0.4) is 0 Å². The van der Waals surface area contributed by atoms with Gasteiger partial charge in [0, 0.05) is 30.5 Å². The van der Waals surface area contributed by atoms with Gasteiger partial charge in [0.2, 0.25) is 0 Å². The van der Waals surface area contributed by atoms with Gasteiger partial charge in [-0.2, -0.15) is 13.2 Å². The van der Waals surface area contributed by atoms with E-state index in [-0.39, 0.29) is 17.3 Å². The third kappa shape index (κ3) is 3.65. The van der Waals surface area contributed by atoms with E-state index in [1.165, 1.54) is 4.90 Å². The van der Waals surface area contributed by atoms with E-state index < -0.39 is 12.6 Å². The highest BCUT2D eigenvalue weighted by Gasteiger charge is 2.28. The number of rotatable bonds is 3. The standard InChI is InChI=1S/C13H14BrF3N2O/c1-19-7-9-6-8(2-3-11(9)18-12(19)20)10(14)4-5-13(15,16)17/h2-3,6,10H,4-5,7H2,1H3,(H,18,20). The van der Waals surface area contributed by atoms with Crippen LogP contribution in [0.4, 0.5) is 23.7 Å². The summed E-state index contributed by atoms with van der Waals surface area (Å²) in [7, 11) is 1.67. The van der Waals surface area contributed by atoms with Gasteiger partial charge in [-0.25, -0.2) is 4.79 Å². The summed E-state index contributed by atoms with van der Waals surface area (Å²) in [6, 6.07) is 5.12. The fourth-order valence-electron chi connectivity index (χ4n) is 2.06. The predicted molar refractivity (Wildman–Crippen MR) is 73.9 cm³/mol. The Morgan fingerprint density at radius 1 is 1.45 bits per heavy atom. The lowest BCUT2D eigenvalue weighted by Gasteiger charge is -2.26. The summed E-state index contributed by atoms with van der Waals surface area (Å²) >= 11 is 3.29. The number of halogens is 4. The summed E-state index contributed by atoms with van der Waals surface area (Å²) in [5.41, 5.74) is 2.41. The molecule has 1 N–H and O–H groups in total. The Morgan fingerprint density at radius 3 is 2.80 bits per heavy atom. The van der Waals surface area contributed by atoms with Gasteiger partial charge in [-0.15, -0.1) is 0 Å². The zero-order chi connectivity index (χ0) is 14.9. The second-order valence-electron chi connectivity index (χ2n) is 4.82. The van der Waals surface area contributed by atoms with Gasteiger partial charge < -0.3 is 10.2 Å². The monoisotopic (exact) mass is 350 g/mol. The minimum absolute atomic E-state index is 0.00944. The topological polar surface area (TPSA) is 32.3 Å². The number of amides is 2. The largest absolute Gasteiger partial charge is 0.389 e. The number of carbonyl (C=O) groups excluding carboxylic acids is 1. The molecule has 0 aliphatic carbocycles. The van der Waals surface area contributed by atoms with Crippen molar-refractivity contribution in [1.82, 2.24) is 4.90 Å². The lowest BCUT2D eigenvalue weighted by molar-refractivity contribution is -0.135. The summed E-state index contributed by atoms with van der Waals surface area (Å²) in [6.45, 7) is 0.452. The van der Waals surface area contributed by atoms with Crippen LogP contribution in [0.15, 0.2) is 18.2 Å². The van der Waals surface area contributed by atoms with Crippen molar-refractivity contribution in [3.05, 3.63) is 29.3 Å². The van der Waals surface area contributed by atoms with Crippen LogP contribution in [-0.2, 0) is 6.54 Å². The fraction of sp³-hybridized carbons (Fsp3) is 0.462. The molecule has 0 spiro atoms. The molecule has 1 aliphatic rings. The molecule has 0 saturated carbocycles. The van der Waals surface area contributed by atoms with Gasteiger partial charge in [0.1, 0.15) is 0 Å². The van der Waals surface area contributed by atoms with Crippen LogP contribution in [0.5, 0.6) is 0 Å². The van der Waals surface area contributed by atoms with Gasteiger partial charge in [0.15, 0.2) is 0 Å². The van der Waals surface area contributed by atoms with Crippen LogP contribution in [0.2, 0.25) is 0 Å². The number of fused-ring (bicyclic) bond motifs is 1. The Hall–Kier alpha value is -1.24. The molecule has 1 unspecified atom stereocenters. The molecule has 1 atom stereocenters. The van der Waals surface area contributed by atoms with Crippen LogP contribution in [0, 0.1) is 0 Å². The van der Waals surface area contributed by atoms with Crippen molar-refractivity contribution in [1.29, 1.82) is 0 Å². The molecule has 110 valence electrons. The van der Waals surface area contributed by atoms with Crippen LogP contribution in [0.1, 0.15) is 28.8 Å². The molecule has 2 amide bonds. The molecule has 1 aromatic rings. The maximum Gasteiger partial charge on any atom is 0.389 e. The Labute approximate surface area is 123 Å². The van der Waals surface area contributed by atoms with Crippen molar-refractivity contribution < 1.29 is 18.0 Å². The van der Waals surface area contributed by atoms with Gasteiger partial charge in [-0.1, -0.05) is 28.1 Å². The number of urea groups is 1. The zero-order valence-corrected chi connectivity index (χ0v) is 12.4. The van der Waals surface area contributed by atoms with E-state index in [9.17, 15) is 18.0 Å². The molecule has 1 heterocycles. The van der Waals surface area contributed by atoms with Gasteiger partial charge in [-0.05, 0) is 23.6 Å². The average Bonchev–Trinajstić information content (AvgIpc) is 2.36. The van der Waals surface area contributed by atoms with Crippen LogP contribution >= 0.6 is 15.9 Å². The highest BCUT2D eigenvalue weighted by molar-refractivity contribution is 9.09. The molecule has 0 aromatic heterocycles. The number of hydrogen-bond donors (Lipinski definition) is 1. The quantitative estimate of drug-likeness (QED) is 0.803. The van der Waals surface area contributed by atoms with E-state index in [1.54, 1.807) is 19.2 Å². The van der Waals surface area contributed by atoms with Crippen molar-refractivity contribution in [2.75, 3.05) is 12.4 Å². The lowest BCUT2D eigenvalue weighted by Crippen LogP contribution is -2.35. The number of nitrogens with one attached hydrogen (secondary N) is 1. The highest BCUT2D eigenvalue weighted by atomic mass is 79.9. The lowest BCUT2D eigenvalue weighted by atomic mass is 10.0. The highest BCUT2D eigenvalue weighted by Crippen LogP contribution is 2.35. The Bertz CT molecular complexity index is 519. The molecular weight excluding hydrogens is 337 g/mol. The molecule has 0 saturated heterocycles. The molecule has 7 heteroatoms. The van der Waals surface area contributed by atoms with Crippen molar-refractivity contribution in [2.24, 2.45) is 0 Å². The van der Waals surface area contributed by atoms with Crippen LogP contribution in [0.25, 0.3) is 0 Å².